The Morgan fingerprint density at radius 1 is 0.608 bits per heavy atom. The van der Waals surface area contributed by atoms with Crippen LogP contribution in [0.25, 0.3) is 0 Å². The Balaban J connectivity index is 0. The minimum atomic E-state index is -1.24. The van der Waals surface area contributed by atoms with Crippen molar-refractivity contribution in [2.75, 3.05) is 39.8 Å². The molecule has 0 saturated heterocycles. The number of amides is 5. The van der Waals surface area contributed by atoms with Crippen molar-refractivity contribution >= 4 is 48.5 Å². The van der Waals surface area contributed by atoms with Crippen LogP contribution in [0.1, 0.15) is 114 Å². The SMILES string of the molecule is COC(C(=O)NCCCCCCN/C(=N/C(=O)OC(C)(C)C)NC(=O)OC(C)(C)C)C(=O)NCCCCNCCC(C)NC(=O)OC(C)(C)C.Cl. The average Bonchev–Trinajstić information content (AvgIpc) is 2.92. The number of hydrogen-bond acceptors (Lipinski definition) is 10. The summed E-state index contributed by atoms with van der Waals surface area (Å²) in [6.45, 7) is 20.4. The van der Waals surface area contributed by atoms with Crippen LogP contribution in [-0.4, -0.2) is 105 Å². The first-order chi connectivity index (χ1) is 23.1. The molecule has 0 fully saturated rings. The lowest BCUT2D eigenvalue weighted by Crippen LogP contribution is -2.47. The predicted molar refractivity (Wildman–Crippen MR) is 199 cm³/mol. The van der Waals surface area contributed by atoms with Crippen LogP contribution in [0.5, 0.6) is 0 Å². The van der Waals surface area contributed by atoms with Crippen molar-refractivity contribution < 1.29 is 42.9 Å². The molecule has 0 radical (unpaired) electrons. The van der Waals surface area contributed by atoms with Gasteiger partial charge >= 0.3 is 18.3 Å². The highest BCUT2D eigenvalue weighted by Gasteiger charge is 2.25. The van der Waals surface area contributed by atoms with E-state index in [9.17, 15) is 24.0 Å². The maximum Gasteiger partial charge on any atom is 0.437 e. The van der Waals surface area contributed by atoms with E-state index in [2.05, 4.69) is 36.9 Å². The maximum atomic E-state index is 12.5. The van der Waals surface area contributed by atoms with Gasteiger partial charge < -0.3 is 45.5 Å². The number of guanidine groups is 1. The normalized spacial score (nSPS) is 13.1. The molecule has 298 valence electrons. The van der Waals surface area contributed by atoms with E-state index >= 15 is 0 Å². The highest BCUT2D eigenvalue weighted by molar-refractivity contribution is 6.03. The molecule has 17 heteroatoms. The molecule has 0 heterocycles. The minimum absolute atomic E-state index is 0. The summed E-state index contributed by atoms with van der Waals surface area (Å²) in [6.07, 6.45) is 1.98. The minimum Gasteiger partial charge on any atom is -0.444 e. The quantitative estimate of drug-likeness (QED) is 0.0361. The highest BCUT2D eigenvalue weighted by Crippen LogP contribution is 2.09. The summed E-state index contributed by atoms with van der Waals surface area (Å²) in [4.78, 5) is 65.0. The van der Waals surface area contributed by atoms with Gasteiger partial charge in [0.05, 0.1) is 0 Å². The number of carbonyl (C=O) groups excluding carboxylic acids is 5. The van der Waals surface area contributed by atoms with E-state index in [1.165, 1.54) is 7.11 Å². The molecule has 2 atom stereocenters. The molecular weight excluding hydrogens is 686 g/mol. The fraction of sp³-hybridized carbons (Fsp3) is 0.824. The van der Waals surface area contributed by atoms with E-state index in [0.717, 1.165) is 45.2 Å². The van der Waals surface area contributed by atoms with Gasteiger partial charge in [0.2, 0.25) is 12.1 Å². The molecule has 2 unspecified atom stereocenters. The third kappa shape index (κ3) is 30.0. The third-order valence-corrected chi connectivity index (χ3v) is 6.22. The highest BCUT2D eigenvalue weighted by atomic mass is 35.5. The zero-order valence-corrected chi connectivity index (χ0v) is 33.5. The molecular formula is C34H66ClN7O9. The van der Waals surface area contributed by atoms with E-state index in [1.807, 2.05) is 27.7 Å². The van der Waals surface area contributed by atoms with Crippen molar-refractivity contribution in [1.82, 2.24) is 31.9 Å². The first-order valence-electron chi connectivity index (χ1n) is 17.5. The number of nitrogens with zero attached hydrogens (tertiary/aromatic N) is 1. The van der Waals surface area contributed by atoms with Crippen LogP contribution < -0.4 is 31.9 Å². The van der Waals surface area contributed by atoms with E-state index < -0.39 is 53.0 Å². The molecule has 0 aliphatic heterocycles. The average molecular weight is 752 g/mol. The van der Waals surface area contributed by atoms with Gasteiger partial charge in [-0.3, -0.25) is 14.9 Å². The molecule has 16 nitrogen and oxygen atoms in total. The number of rotatable bonds is 19. The molecule has 0 aliphatic carbocycles. The van der Waals surface area contributed by atoms with Gasteiger partial charge in [0.15, 0.2) is 0 Å². The first kappa shape index (κ1) is 49.7. The second-order valence-corrected chi connectivity index (χ2v) is 14.9. The van der Waals surface area contributed by atoms with Gasteiger partial charge in [0.1, 0.15) is 16.8 Å². The van der Waals surface area contributed by atoms with Crippen molar-refractivity contribution in [3.63, 3.8) is 0 Å². The maximum absolute atomic E-state index is 12.5. The van der Waals surface area contributed by atoms with E-state index in [1.54, 1.807) is 41.5 Å². The predicted octanol–water partition coefficient (Wildman–Crippen LogP) is 4.29. The number of nitrogens with one attached hydrogen (secondary N) is 6. The van der Waals surface area contributed by atoms with Crippen molar-refractivity contribution in [3.8, 4) is 0 Å². The van der Waals surface area contributed by atoms with Gasteiger partial charge in [-0.2, -0.15) is 0 Å². The molecule has 0 saturated carbocycles. The number of methoxy groups -OCH3 is 1. The van der Waals surface area contributed by atoms with Crippen molar-refractivity contribution in [1.29, 1.82) is 0 Å². The molecule has 5 amide bonds. The second-order valence-electron chi connectivity index (χ2n) is 14.9. The van der Waals surface area contributed by atoms with Crippen molar-refractivity contribution in [2.24, 2.45) is 4.99 Å². The molecule has 0 aliphatic rings. The number of unbranched alkanes of at least 4 members (excludes halogenated alkanes) is 4. The number of alkyl carbamates (subject to hydrolysis) is 2. The summed E-state index contributed by atoms with van der Waals surface area (Å²) in [5.41, 5.74) is -2.01. The lowest BCUT2D eigenvalue weighted by atomic mass is 10.2. The smallest absolute Gasteiger partial charge is 0.437 e. The summed E-state index contributed by atoms with van der Waals surface area (Å²) >= 11 is 0. The third-order valence-electron chi connectivity index (χ3n) is 6.22. The summed E-state index contributed by atoms with van der Waals surface area (Å²) in [5, 5.41) is 17.0. The first-order valence-corrected chi connectivity index (χ1v) is 17.5. The Hall–Kier alpha value is -3.37. The zero-order valence-electron chi connectivity index (χ0n) is 32.7. The number of hydrogen-bond donors (Lipinski definition) is 6. The second kappa shape index (κ2) is 25.6. The number of ether oxygens (including phenoxy) is 4. The lowest BCUT2D eigenvalue weighted by Gasteiger charge is -2.22. The molecule has 51 heavy (non-hydrogen) atoms. The van der Waals surface area contributed by atoms with Gasteiger partial charge in [-0.1, -0.05) is 12.8 Å². The van der Waals surface area contributed by atoms with Gasteiger partial charge in [0.25, 0.3) is 11.8 Å². The molecule has 0 aromatic carbocycles. The zero-order chi connectivity index (χ0) is 38.4. The number of carbonyl (C=O) groups is 5. The molecule has 0 rings (SSSR count). The summed E-state index contributed by atoms with van der Waals surface area (Å²) < 4.78 is 20.8. The fourth-order valence-electron chi connectivity index (χ4n) is 4.04. The number of halogens is 1. The monoisotopic (exact) mass is 751 g/mol. The Kier molecular flexibility index (Phi) is 24.9. The molecule has 0 aromatic heterocycles. The molecule has 6 N–H and O–H groups in total. The number of aliphatic imine (C=N–C) groups is 1. The van der Waals surface area contributed by atoms with Gasteiger partial charge in [-0.25, -0.2) is 14.4 Å². The Morgan fingerprint density at radius 3 is 1.55 bits per heavy atom. The standard InChI is InChI=1S/C34H65N7O9.ClH/c1-24(39-29(44)48-32(2,3)4)18-23-35-19-16-17-21-37-27(43)25(47-11)26(42)36-20-14-12-13-15-22-38-28(40-30(45)49-33(5,6)7)41-31(46)50-34(8,9)10;/h24-25,35H,12-23H2,1-11H3,(H,36,42)(H,37,43)(H,39,44)(H2,38,40,41,45,46);1H. The lowest BCUT2D eigenvalue weighted by molar-refractivity contribution is -0.143. The van der Waals surface area contributed by atoms with Crippen LogP contribution in [0.2, 0.25) is 0 Å². The molecule has 0 spiro atoms. The Morgan fingerprint density at radius 2 is 1.06 bits per heavy atom. The van der Waals surface area contributed by atoms with E-state index in [0.29, 0.717) is 32.5 Å². The van der Waals surface area contributed by atoms with Crippen LogP contribution in [0, 0.1) is 0 Å². The Labute approximate surface area is 310 Å². The summed E-state index contributed by atoms with van der Waals surface area (Å²) in [7, 11) is 1.32. The van der Waals surface area contributed by atoms with Crippen LogP contribution >= 0.6 is 12.4 Å². The summed E-state index contributed by atoms with van der Waals surface area (Å²) in [5.74, 6) is -1.06. The summed E-state index contributed by atoms with van der Waals surface area (Å²) in [6, 6.07) is -0.0280. The van der Waals surface area contributed by atoms with Crippen LogP contribution in [0.15, 0.2) is 4.99 Å². The molecule has 0 bridgehead atoms. The van der Waals surface area contributed by atoms with Gasteiger partial charge in [-0.15, -0.1) is 17.4 Å². The van der Waals surface area contributed by atoms with Crippen LogP contribution in [0.3, 0.4) is 0 Å². The van der Waals surface area contributed by atoms with Crippen LogP contribution in [-0.2, 0) is 28.5 Å². The topological polar surface area (TPSA) is 207 Å². The van der Waals surface area contributed by atoms with Crippen LogP contribution in [0.4, 0.5) is 14.4 Å². The van der Waals surface area contributed by atoms with Gasteiger partial charge in [-0.05, 0) is 114 Å². The van der Waals surface area contributed by atoms with E-state index in [-0.39, 0.29) is 24.4 Å². The van der Waals surface area contributed by atoms with Crippen molar-refractivity contribution in [3.05, 3.63) is 0 Å². The molecule has 0 aromatic rings. The Bertz CT molecular complexity index is 1090. The largest absolute Gasteiger partial charge is 0.444 e. The van der Waals surface area contributed by atoms with E-state index in [4.69, 9.17) is 18.9 Å². The fourth-order valence-corrected chi connectivity index (χ4v) is 4.04. The van der Waals surface area contributed by atoms with Crippen molar-refractivity contribution in [2.45, 2.75) is 143 Å². The van der Waals surface area contributed by atoms with Gasteiger partial charge in [0, 0.05) is 32.8 Å².